The number of nitrogen functional groups attached to an aromatic ring is 1. The van der Waals surface area contributed by atoms with E-state index in [-0.39, 0.29) is 23.1 Å². The normalized spacial score (nSPS) is 14.7. The minimum absolute atomic E-state index is 0.0109. The fraction of sp³-hybridized carbons (Fsp3) is 0.368. The van der Waals surface area contributed by atoms with Crippen molar-refractivity contribution in [3.8, 4) is 17.3 Å². The van der Waals surface area contributed by atoms with E-state index in [0.717, 1.165) is 25.9 Å². The Bertz CT molecular complexity index is 1120. The van der Waals surface area contributed by atoms with E-state index >= 15 is 0 Å². The zero-order valence-electron chi connectivity index (χ0n) is 17.5. The lowest BCUT2D eigenvalue weighted by atomic mass is 10.1. The number of carbonyl (C=O) groups is 1. The number of methoxy groups -OCH3 is 1. The summed E-state index contributed by atoms with van der Waals surface area (Å²) in [4.78, 5) is 14.1. The SMILES string of the molecule is COc1cc(/C=N/NC(=O)c2nnn(-c3nonc3N)c2C[NH+]2CCCCC2)ccc1O. The van der Waals surface area contributed by atoms with Crippen LogP contribution in [0.15, 0.2) is 27.9 Å². The number of likely N-dealkylation sites (tertiary alicyclic amines) is 1. The van der Waals surface area contributed by atoms with E-state index in [4.69, 9.17) is 10.5 Å². The average molecular weight is 442 g/mol. The minimum atomic E-state index is -0.528. The summed E-state index contributed by atoms with van der Waals surface area (Å²) < 4.78 is 11.1. The molecule has 2 aromatic heterocycles. The van der Waals surface area contributed by atoms with Gasteiger partial charge in [0.15, 0.2) is 17.2 Å². The van der Waals surface area contributed by atoms with E-state index in [1.54, 1.807) is 12.1 Å². The first kappa shape index (κ1) is 21.2. The number of hydrazone groups is 1. The zero-order chi connectivity index (χ0) is 22.5. The molecule has 0 atom stereocenters. The number of phenols is 1. The summed E-state index contributed by atoms with van der Waals surface area (Å²) in [5.41, 5.74) is 9.57. The highest BCUT2D eigenvalue weighted by Gasteiger charge is 2.27. The monoisotopic (exact) mass is 442 g/mol. The van der Waals surface area contributed by atoms with Crippen LogP contribution in [0, 0.1) is 0 Å². The first-order chi connectivity index (χ1) is 15.6. The van der Waals surface area contributed by atoms with Crippen molar-refractivity contribution in [3.63, 3.8) is 0 Å². The molecule has 32 heavy (non-hydrogen) atoms. The molecular weight excluding hydrogens is 418 g/mol. The van der Waals surface area contributed by atoms with Crippen LogP contribution >= 0.6 is 0 Å². The van der Waals surface area contributed by atoms with E-state index in [1.165, 1.54) is 35.4 Å². The van der Waals surface area contributed by atoms with Crippen LogP contribution in [-0.4, -0.2) is 62.7 Å². The number of nitrogens with zero attached hydrogens (tertiary/aromatic N) is 6. The number of amides is 1. The van der Waals surface area contributed by atoms with Crippen LogP contribution in [0.4, 0.5) is 5.82 Å². The van der Waals surface area contributed by atoms with Crippen molar-refractivity contribution in [1.82, 2.24) is 30.7 Å². The standard InChI is InChI=1S/C19H23N9O4/c1-31-15-9-12(5-6-14(15)29)10-21-23-19(30)16-13(11-27-7-3-2-4-8-27)28(26-22-16)18-17(20)24-32-25-18/h5-6,9-10,29H,2-4,7-8,11H2,1H3,(H2,20,24)(H,23,30)/p+1/b21-10+. The van der Waals surface area contributed by atoms with Crippen LogP contribution in [0.1, 0.15) is 41.0 Å². The maximum atomic E-state index is 12.8. The number of nitrogens with one attached hydrogen (secondary N) is 2. The Morgan fingerprint density at radius 2 is 2.19 bits per heavy atom. The Hall–Kier alpha value is -4.00. The van der Waals surface area contributed by atoms with Crippen LogP contribution in [0.2, 0.25) is 0 Å². The maximum Gasteiger partial charge on any atom is 0.294 e. The van der Waals surface area contributed by atoms with Gasteiger partial charge in [0.2, 0.25) is 11.6 Å². The molecule has 1 aliphatic heterocycles. The predicted octanol–water partition coefficient (Wildman–Crippen LogP) is -0.721. The minimum Gasteiger partial charge on any atom is -0.504 e. The van der Waals surface area contributed by atoms with Crippen LogP contribution < -0.4 is 20.8 Å². The Labute approximate surface area is 182 Å². The topological polar surface area (TPSA) is 171 Å². The number of anilines is 1. The average Bonchev–Trinajstić information content (AvgIpc) is 3.41. The molecule has 13 nitrogen and oxygen atoms in total. The van der Waals surface area contributed by atoms with Crippen molar-refractivity contribution in [2.45, 2.75) is 25.8 Å². The van der Waals surface area contributed by atoms with Gasteiger partial charge in [-0.15, -0.1) is 5.10 Å². The molecule has 168 valence electrons. The second-order valence-electron chi connectivity index (χ2n) is 7.39. The van der Waals surface area contributed by atoms with Gasteiger partial charge in [0.25, 0.3) is 5.91 Å². The fourth-order valence-corrected chi connectivity index (χ4v) is 3.60. The van der Waals surface area contributed by atoms with Gasteiger partial charge in [0, 0.05) is 0 Å². The second-order valence-corrected chi connectivity index (χ2v) is 7.39. The molecule has 0 bridgehead atoms. The molecule has 4 rings (SSSR count). The Kier molecular flexibility index (Phi) is 6.26. The van der Waals surface area contributed by atoms with Gasteiger partial charge in [-0.05, 0) is 53.3 Å². The first-order valence-corrected chi connectivity index (χ1v) is 10.1. The number of carbonyl (C=O) groups excluding carboxylic acids is 1. The summed E-state index contributed by atoms with van der Waals surface area (Å²) in [6.07, 6.45) is 4.86. The lowest BCUT2D eigenvalue weighted by Crippen LogP contribution is -3.11. The van der Waals surface area contributed by atoms with Gasteiger partial charge in [-0.2, -0.15) is 9.78 Å². The van der Waals surface area contributed by atoms with Gasteiger partial charge in [0.1, 0.15) is 12.2 Å². The molecule has 5 N–H and O–H groups in total. The number of phenolic OH excluding ortho intramolecular Hbond substituents is 1. The third-order valence-electron chi connectivity index (χ3n) is 5.24. The summed E-state index contributed by atoms with van der Waals surface area (Å²) in [5, 5.41) is 29.1. The van der Waals surface area contributed by atoms with Crippen LogP contribution in [-0.2, 0) is 6.54 Å². The van der Waals surface area contributed by atoms with E-state index in [9.17, 15) is 9.90 Å². The maximum absolute atomic E-state index is 12.8. The molecule has 0 saturated carbocycles. The summed E-state index contributed by atoms with van der Waals surface area (Å²) in [6.45, 7) is 2.49. The molecule has 1 aliphatic rings. The highest BCUT2D eigenvalue weighted by Crippen LogP contribution is 2.25. The molecule has 0 aliphatic carbocycles. The number of aromatic nitrogens is 5. The molecule has 1 saturated heterocycles. The zero-order valence-corrected chi connectivity index (χ0v) is 17.5. The quantitative estimate of drug-likeness (QED) is 0.272. The smallest absolute Gasteiger partial charge is 0.294 e. The number of rotatable bonds is 7. The number of aromatic hydroxyl groups is 1. The van der Waals surface area contributed by atoms with Crippen molar-refractivity contribution in [3.05, 3.63) is 35.2 Å². The van der Waals surface area contributed by atoms with E-state index in [2.05, 4.69) is 35.8 Å². The van der Waals surface area contributed by atoms with Gasteiger partial charge >= 0.3 is 0 Å². The molecule has 13 heteroatoms. The van der Waals surface area contributed by atoms with Crippen molar-refractivity contribution in [2.75, 3.05) is 25.9 Å². The van der Waals surface area contributed by atoms with Gasteiger partial charge in [-0.3, -0.25) is 4.79 Å². The van der Waals surface area contributed by atoms with Gasteiger partial charge in [-0.1, -0.05) is 5.21 Å². The number of hydrogen-bond acceptors (Lipinski definition) is 10. The molecule has 1 aromatic carbocycles. The van der Waals surface area contributed by atoms with E-state index in [1.807, 2.05) is 0 Å². The van der Waals surface area contributed by atoms with Crippen molar-refractivity contribution in [2.24, 2.45) is 5.10 Å². The molecule has 0 unspecified atom stereocenters. The molecule has 1 amide bonds. The van der Waals surface area contributed by atoms with Gasteiger partial charge < -0.3 is 20.5 Å². The number of hydrogen-bond donors (Lipinski definition) is 4. The second kappa shape index (κ2) is 9.43. The largest absolute Gasteiger partial charge is 0.504 e. The van der Waals surface area contributed by atoms with Crippen LogP contribution in [0.5, 0.6) is 11.5 Å². The number of benzene rings is 1. The van der Waals surface area contributed by atoms with E-state index in [0.29, 0.717) is 23.6 Å². The van der Waals surface area contributed by atoms with Crippen molar-refractivity contribution < 1.29 is 24.2 Å². The fourth-order valence-electron chi connectivity index (χ4n) is 3.60. The van der Waals surface area contributed by atoms with Gasteiger partial charge in [0.05, 0.1) is 26.4 Å². The molecule has 0 radical (unpaired) electrons. The van der Waals surface area contributed by atoms with Gasteiger partial charge in [-0.25, -0.2) is 10.1 Å². The highest BCUT2D eigenvalue weighted by atomic mass is 16.6. The van der Waals surface area contributed by atoms with Crippen molar-refractivity contribution >= 4 is 17.9 Å². The summed E-state index contributed by atoms with van der Waals surface area (Å²) >= 11 is 0. The summed E-state index contributed by atoms with van der Waals surface area (Å²) in [6, 6.07) is 4.70. The molecule has 3 heterocycles. The predicted molar refractivity (Wildman–Crippen MR) is 112 cm³/mol. The lowest BCUT2D eigenvalue weighted by molar-refractivity contribution is -0.918. The van der Waals surface area contributed by atoms with Crippen LogP contribution in [0.25, 0.3) is 5.82 Å². The number of quaternary nitrogens is 1. The Morgan fingerprint density at radius 3 is 2.91 bits per heavy atom. The number of nitrogens with two attached hydrogens (primary N) is 1. The Morgan fingerprint density at radius 1 is 1.38 bits per heavy atom. The third-order valence-corrected chi connectivity index (χ3v) is 5.24. The Balaban J connectivity index is 1.55. The number of piperidine rings is 1. The first-order valence-electron chi connectivity index (χ1n) is 10.1. The van der Waals surface area contributed by atoms with Crippen LogP contribution in [0.3, 0.4) is 0 Å². The third kappa shape index (κ3) is 4.51. The number of ether oxygens (including phenoxy) is 1. The van der Waals surface area contributed by atoms with Crippen molar-refractivity contribution in [1.29, 1.82) is 0 Å². The highest BCUT2D eigenvalue weighted by molar-refractivity contribution is 5.94. The summed E-state index contributed by atoms with van der Waals surface area (Å²) in [7, 11) is 1.45. The summed E-state index contributed by atoms with van der Waals surface area (Å²) in [5.74, 6) is 0.0176. The lowest BCUT2D eigenvalue weighted by Gasteiger charge is -2.23. The van der Waals surface area contributed by atoms with E-state index < -0.39 is 5.91 Å². The molecule has 0 spiro atoms. The molecule has 1 fully saturated rings. The molecular formula is C19H24N9O4+. The molecule has 3 aromatic rings.